The number of amides is 1. The Morgan fingerprint density at radius 1 is 1.30 bits per heavy atom. The van der Waals surface area contributed by atoms with Crippen molar-refractivity contribution in [1.82, 2.24) is 15.6 Å². The molecule has 0 radical (unpaired) electrons. The smallest absolute Gasteiger partial charge is 0.222 e. The lowest BCUT2D eigenvalue weighted by atomic mass is 9.97. The van der Waals surface area contributed by atoms with Gasteiger partial charge in [0, 0.05) is 45.0 Å². The summed E-state index contributed by atoms with van der Waals surface area (Å²) in [4.78, 5) is 22.8. The molecule has 1 atom stereocenters. The van der Waals surface area contributed by atoms with Gasteiger partial charge in [-0.15, -0.1) is 24.0 Å². The molecule has 9 heteroatoms. The second-order valence-corrected chi connectivity index (χ2v) is 8.09. The molecular weight excluding hydrogens is 531 g/mol. The number of pyridine rings is 1. The van der Waals surface area contributed by atoms with Crippen molar-refractivity contribution in [1.29, 1.82) is 0 Å². The first-order valence-corrected chi connectivity index (χ1v) is 11.1. The van der Waals surface area contributed by atoms with E-state index in [0.29, 0.717) is 13.1 Å². The highest BCUT2D eigenvalue weighted by molar-refractivity contribution is 14.0. The van der Waals surface area contributed by atoms with E-state index in [2.05, 4.69) is 44.6 Å². The number of nitrogens with one attached hydrogen (secondary N) is 2. The van der Waals surface area contributed by atoms with E-state index in [1.165, 1.54) is 11.1 Å². The maximum absolute atomic E-state index is 11.7. The highest BCUT2D eigenvalue weighted by atomic mass is 127. The molecule has 8 nitrogen and oxygen atoms in total. The van der Waals surface area contributed by atoms with E-state index in [0.717, 1.165) is 55.4 Å². The molecule has 1 aliphatic rings. The molecule has 1 aromatic carbocycles. The zero-order valence-corrected chi connectivity index (χ0v) is 22.0. The van der Waals surface area contributed by atoms with E-state index in [1.54, 1.807) is 20.4 Å². The van der Waals surface area contributed by atoms with E-state index in [4.69, 9.17) is 10.5 Å². The number of carbonyl (C=O) groups excluding carboxylic acids is 1. The van der Waals surface area contributed by atoms with Crippen LogP contribution in [0.4, 0.5) is 5.82 Å². The molecule has 1 amide bonds. The van der Waals surface area contributed by atoms with Crippen LogP contribution in [0, 0.1) is 12.8 Å². The third-order valence-electron chi connectivity index (χ3n) is 5.78. The number of guanidine groups is 1. The SMILES string of the molecule is CN=C(NCCc1cc(C)ccc1OC)NCc1cccnc1N1CCCC(C(N)=O)C1.I. The van der Waals surface area contributed by atoms with Crippen LogP contribution in [-0.4, -0.2) is 50.6 Å². The molecule has 0 saturated carbocycles. The second kappa shape index (κ2) is 13.2. The monoisotopic (exact) mass is 566 g/mol. The number of hydrogen-bond acceptors (Lipinski definition) is 5. The number of aliphatic imine (C=N–C) groups is 1. The van der Waals surface area contributed by atoms with Gasteiger partial charge in [-0.25, -0.2) is 4.98 Å². The topological polar surface area (TPSA) is 105 Å². The normalized spacial score (nSPS) is 16.0. The van der Waals surface area contributed by atoms with Crippen molar-refractivity contribution >= 4 is 41.7 Å². The van der Waals surface area contributed by atoms with Gasteiger partial charge in [0.15, 0.2) is 5.96 Å². The first-order chi connectivity index (χ1) is 15.5. The molecule has 33 heavy (non-hydrogen) atoms. The summed E-state index contributed by atoms with van der Waals surface area (Å²) in [6, 6.07) is 10.2. The summed E-state index contributed by atoms with van der Waals surface area (Å²) in [5, 5.41) is 6.74. The summed E-state index contributed by atoms with van der Waals surface area (Å²) in [6.45, 7) is 4.88. The molecule has 3 rings (SSSR count). The van der Waals surface area contributed by atoms with Crippen LogP contribution >= 0.6 is 24.0 Å². The van der Waals surface area contributed by atoms with E-state index < -0.39 is 0 Å². The second-order valence-electron chi connectivity index (χ2n) is 8.09. The van der Waals surface area contributed by atoms with Gasteiger partial charge in [0.1, 0.15) is 11.6 Å². The van der Waals surface area contributed by atoms with Crippen molar-refractivity contribution in [3.8, 4) is 5.75 Å². The molecular formula is C24H35IN6O2. The Balaban J connectivity index is 0.00000385. The highest BCUT2D eigenvalue weighted by Crippen LogP contribution is 2.24. The number of aromatic nitrogens is 1. The van der Waals surface area contributed by atoms with Crippen LogP contribution in [0.3, 0.4) is 0 Å². The van der Waals surface area contributed by atoms with E-state index in [9.17, 15) is 4.79 Å². The largest absolute Gasteiger partial charge is 0.496 e. The molecule has 2 heterocycles. The van der Waals surface area contributed by atoms with Crippen LogP contribution < -0.4 is 26.0 Å². The fraction of sp³-hybridized carbons (Fsp3) is 0.458. The summed E-state index contributed by atoms with van der Waals surface area (Å²) in [5.74, 6) is 2.15. The number of ether oxygens (including phenoxy) is 1. The Labute approximate surface area is 213 Å². The van der Waals surface area contributed by atoms with Gasteiger partial charge in [0.25, 0.3) is 0 Å². The lowest BCUT2D eigenvalue weighted by molar-refractivity contribution is -0.122. The lowest BCUT2D eigenvalue weighted by Gasteiger charge is -2.33. The number of anilines is 1. The van der Waals surface area contributed by atoms with Gasteiger partial charge in [-0.2, -0.15) is 0 Å². The van der Waals surface area contributed by atoms with Crippen molar-refractivity contribution in [3.05, 3.63) is 53.2 Å². The van der Waals surface area contributed by atoms with Crippen molar-refractivity contribution in [3.63, 3.8) is 0 Å². The van der Waals surface area contributed by atoms with Crippen LogP contribution in [0.5, 0.6) is 5.75 Å². The first-order valence-electron chi connectivity index (χ1n) is 11.1. The summed E-state index contributed by atoms with van der Waals surface area (Å²) in [7, 11) is 3.45. The number of halogens is 1. The molecule has 1 saturated heterocycles. The molecule has 1 aliphatic heterocycles. The molecule has 0 spiro atoms. The zero-order chi connectivity index (χ0) is 22.9. The third-order valence-corrected chi connectivity index (χ3v) is 5.78. The van der Waals surface area contributed by atoms with Gasteiger partial charge >= 0.3 is 0 Å². The average Bonchev–Trinajstić information content (AvgIpc) is 2.81. The number of nitrogens with zero attached hydrogens (tertiary/aromatic N) is 3. The molecule has 0 bridgehead atoms. The summed E-state index contributed by atoms with van der Waals surface area (Å²) >= 11 is 0. The van der Waals surface area contributed by atoms with Gasteiger partial charge in [-0.05, 0) is 43.9 Å². The first kappa shape index (κ1) is 26.7. The van der Waals surface area contributed by atoms with Gasteiger partial charge in [-0.1, -0.05) is 23.8 Å². The number of methoxy groups -OCH3 is 1. The third kappa shape index (κ3) is 7.48. The van der Waals surface area contributed by atoms with Crippen LogP contribution in [0.2, 0.25) is 0 Å². The number of aryl methyl sites for hydroxylation is 1. The molecule has 180 valence electrons. The predicted molar refractivity (Wildman–Crippen MR) is 143 cm³/mol. The van der Waals surface area contributed by atoms with Gasteiger partial charge in [-0.3, -0.25) is 9.79 Å². The van der Waals surface area contributed by atoms with E-state index in [-0.39, 0.29) is 35.8 Å². The number of rotatable bonds is 8. The number of piperidine rings is 1. The van der Waals surface area contributed by atoms with Gasteiger partial charge < -0.3 is 26.0 Å². The summed E-state index contributed by atoms with van der Waals surface area (Å²) in [5.41, 5.74) is 8.98. The Kier molecular flexibility index (Phi) is 10.7. The number of benzene rings is 1. The Bertz CT molecular complexity index is 952. The van der Waals surface area contributed by atoms with E-state index >= 15 is 0 Å². The zero-order valence-electron chi connectivity index (χ0n) is 19.6. The predicted octanol–water partition coefficient (Wildman–Crippen LogP) is 2.63. The Hall–Kier alpha value is -2.56. The molecule has 2 aromatic rings. The maximum Gasteiger partial charge on any atom is 0.222 e. The Morgan fingerprint density at radius 3 is 2.85 bits per heavy atom. The van der Waals surface area contributed by atoms with Crippen LogP contribution in [-0.2, 0) is 17.8 Å². The fourth-order valence-electron chi connectivity index (χ4n) is 4.07. The van der Waals surface area contributed by atoms with Crippen LogP contribution in [0.25, 0.3) is 0 Å². The maximum atomic E-state index is 11.7. The quantitative estimate of drug-likeness (QED) is 0.258. The standard InChI is InChI=1S/C24H34N6O2.HI/c1-17-8-9-21(32-3)18(14-17)10-12-28-24(26-2)29-15-19-6-4-11-27-23(19)30-13-5-7-20(16-30)22(25)31;/h4,6,8-9,11,14,20H,5,7,10,12-13,15-16H2,1-3H3,(H2,25,31)(H2,26,28,29);1H. The van der Waals surface area contributed by atoms with Crippen molar-refractivity contribution < 1.29 is 9.53 Å². The molecule has 1 unspecified atom stereocenters. The Morgan fingerprint density at radius 2 is 2.12 bits per heavy atom. The molecule has 1 fully saturated rings. The number of nitrogens with two attached hydrogens (primary N) is 1. The number of hydrogen-bond donors (Lipinski definition) is 3. The number of primary amides is 1. The fourth-order valence-corrected chi connectivity index (χ4v) is 4.07. The van der Waals surface area contributed by atoms with Crippen molar-refractivity contribution in [2.75, 3.05) is 38.7 Å². The molecule has 1 aromatic heterocycles. The minimum absolute atomic E-state index is 0. The summed E-state index contributed by atoms with van der Waals surface area (Å²) in [6.07, 6.45) is 4.39. The lowest BCUT2D eigenvalue weighted by Crippen LogP contribution is -2.42. The van der Waals surface area contributed by atoms with Crippen molar-refractivity contribution in [2.45, 2.75) is 32.7 Å². The van der Waals surface area contributed by atoms with Crippen LogP contribution in [0.1, 0.15) is 29.5 Å². The average molecular weight is 566 g/mol. The minimum atomic E-state index is -0.236. The van der Waals surface area contributed by atoms with Gasteiger partial charge in [0.2, 0.25) is 5.91 Å². The van der Waals surface area contributed by atoms with Gasteiger partial charge in [0.05, 0.1) is 13.0 Å². The van der Waals surface area contributed by atoms with Crippen molar-refractivity contribution in [2.24, 2.45) is 16.6 Å². The number of carbonyl (C=O) groups is 1. The van der Waals surface area contributed by atoms with Crippen LogP contribution in [0.15, 0.2) is 41.5 Å². The van der Waals surface area contributed by atoms with E-state index in [1.807, 2.05) is 18.2 Å². The molecule has 4 N–H and O–H groups in total. The highest BCUT2D eigenvalue weighted by Gasteiger charge is 2.25. The minimum Gasteiger partial charge on any atom is -0.496 e. The molecule has 0 aliphatic carbocycles. The summed E-state index contributed by atoms with van der Waals surface area (Å²) < 4.78 is 5.47.